The van der Waals surface area contributed by atoms with Crippen molar-refractivity contribution >= 4 is 27.3 Å². The van der Waals surface area contributed by atoms with Crippen LogP contribution in [0.1, 0.15) is 23.4 Å². The van der Waals surface area contributed by atoms with Crippen molar-refractivity contribution in [1.82, 2.24) is 5.32 Å². The summed E-state index contributed by atoms with van der Waals surface area (Å²) < 4.78 is 19.5. The van der Waals surface area contributed by atoms with Gasteiger partial charge in [-0.25, -0.2) is 4.39 Å². The number of halogens is 2. The van der Waals surface area contributed by atoms with Crippen molar-refractivity contribution in [2.24, 2.45) is 0 Å². The first-order valence-corrected chi connectivity index (χ1v) is 8.10. The van der Waals surface area contributed by atoms with Gasteiger partial charge in [0.25, 0.3) is 0 Å². The lowest BCUT2D eigenvalue weighted by molar-refractivity contribution is 0.415. The molecule has 1 aromatic heterocycles. The fraction of sp³-hybridized carbons (Fsp3) is 0.333. The molecule has 0 spiro atoms. The molecular formula is C15H17BrFNOS. The van der Waals surface area contributed by atoms with Crippen LogP contribution in [0.25, 0.3) is 0 Å². The Hall–Kier alpha value is -0.910. The van der Waals surface area contributed by atoms with E-state index in [-0.39, 0.29) is 11.9 Å². The number of rotatable bonds is 6. The van der Waals surface area contributed by atoms with Crippen molar-refractivity contribution in [3.05, 3.63) is 50.4 Å². The second-order valence-corrected chi connectivity index (χ2v) is 6.34. The Morgan fingerprint density at radius 3 is 2.75 bits per heavy atom. The number of hydrogen-bond donors (Lipinski definition) is 1. The Bertz CT molecular complexity index is 553. The lowest BCUT2D eigenvalue weighted by atomic mass is 10.0. The predicted octanol–water partition coefficient (Wildman–Crippen LogP) is 4.55. The molecule has 108 valence electrons. The molecule has 2 aromatic rings. The highest BCUT2D eigenvalue weighted by Gasteiger charge is 2.15. The molecular weight excluding hydrogens is 341 g/mol. The summed E-state index contributed by atoms with van der Waals surface area (Å²) in [6.07, 6.45) is 0.744. The van der Waals surface area contributed by atoms with Gasteiger partial charge < -0.3 is 10.1 Å². The van der Waals surface area contributed by atoms with Gasteiger partial charge in [0.15, 0.2) is 0 Å². The van der Waals surface area contributed by atoms with E-state index in [1.807, 2.05) is 17.5 Å². The third-order valence-electron chi connectivity index (χ3n) is 2.99. The molecule has 1 unspecified atom stereocenters. The van der Waals surface area contributed by atoms with Gasteiger partial charge in [0.05, 0.1) is 7.11 Å². The monoisotopic (exact) mass is 357 g/mol. The van der Waals surface area contributed by atoms with Crippen LogP contribution in [0.4, 0.5) is 4.39 Å². The molecule has 0 fully saturated rings. The quantitative estimate of drug-likeness (QED) is 0.818. The molecule has 1 aromatic carbocycles. The van der Waals surface area contributed by atoms with Gasteiger partial charge in [-0.2, -0.15) is 0 Å². The van der Waals surface area contributed by atoms with E-state index in [1.165, 1.54) is 10.9 Å². The Labute approximate surface area is 131 Å². The molecule has 0 amide bonds. The van der Waals surface area contributed by atoms with Gasteiger partial charge in [-0.15, -0.1) is 11.3 Å². The molecule has 0 radical (unpaired) electrons. The Morgan fingerprint density at radius 2 is 2.15 bits per heavy atom. The molecule has 5 heteroatoms. The van der Waals surface area contributed by atoms with E-state index in [0.29, 0.717) is 0 Å². The molecule has 0 saturated carbocycles. The van der Waals surface area contributed by atoms with Gasteiger partial charge in [-0.05, 0) is 42.8 Å². The van der Waals surface area contributed by atoms with E-state index < -0.39 is 0 Å². The van der Waals surface area contributed by atoms with Crippen molar-refractivity contribution in [2.75, 3.05) is 13.7 Å². The summed E-state index contributed by atoms with van der Waals surface area (Å²) in [5.41, 5.74) is 0.968. The van der Waals surface area contributed by atoms with Crippen LogP contribution >= 0.6 is 27.3 Å². The number of benzene rings is 1. The lowest BCUT2D eigenvalue weighted by Crippen LogP contribution is -2.22. The van der Waals surface area contributed by atoms with Gasteiger partial charge in [-0.3, -0.25) is 0 Å². The molecule has 0 aliphatic carbocycles. The summed E-state index contributed by atoms with van der Waals surface area (Å²) >= 11 is 4.99. The highest BCUT2D eigenvalue weighted by atomic mass is 79.9. The average Bonchev–Trinajstić information content (AvgIpc) is 2.85. The van der Waals surface area contributed by atoms with E-state index in [0.717, 1.165) is 28.8 Å². The summed E-state index contributed by atoms with van der Waals surface area (Å²) in [6.45, 7) is 2.93. The van der Waals surface area contributed by atoms with Gasteiger partial charge in [0.2, 0.25) is 0 Å². The highest BCUT2D eigenvalue weighted by Crippen LogP contribution is 2.29. The van der Waals surface area contributed by atoms with Crippen LogP contribution in [0.2, 0.25) is 0 Å². The maximum Gasteiger partial charge on any atom is 0.129 e. The van der Waals surface area contributed by atoms with E-state index >= 15 is 0 Å². The third kappa shape index (κ3) is 4.04. The number of methoxy groups -OCH3 is 1. The zero-order valence-corrected chi connectivity index (χ0v) is 13.9. The smallest absolute Gasteiger partial charge is 0.129 e. The molecule has 0 saturated heterocycles. The highest BCUT2D eigenvalue weighted by molar-refractivity contribution is 9.10. The topological polar surface area (TPSA) is 21.3 Å². The zero-order valence-electron chi connectivity index (χ0n) is 11.5. The second kappa shape index (κ2) is 7.20. The largest absolute Gasteiger partial charge is 0.496 e. The number of hydrogen-bond acceptors (Lipinski definition) is 3. The Balaban J connectivity index is 2.20. The summed E-state index contributed by atoms with van der Waals surface area (Å²) in [4.78, 5) is 1.20. The normalized spacial score (nSPS) is 12.4. The Morgan fingerprint density at radius 1 is 1.35 bits per heavy atom. The number of nitrogens with one attached hydrogen (secondary N) is 1. The van der Waals surface area contributed by atoms with Gasteiger partial charge >= 0.3 is 0 Å². The van der Waals surface area contributed by atoms with Crippen LogP contribution in [0, 0.1) is 5.82 Å². The molecule has 2 rings (SSSR count). The molecule has 1 atom stereocenters. The number of thiophene rings is 1. The maximum atomic E-state index is 13.5. The van der Waals surface area contributed by atoms with E-state index in [9.17, 15) is 4.39 Å². The zero-order chi connectivity index (χ0) is 14.5. The molecule has 2 nitrogen and oxygen atoms in total. The molecule has 1 heterocycles. The molecule has 20 heavy (non-hydrogen) atoms. The molecule has 1 N–H and O–H groups in total. The standard InChI is InChI=1S/C15H17BrFNOS/c1-3-18-14(15-8-13(19-2)9-20-15)6-10-4-11(16)7-12(17)5-10/h4-5,7-9,14,18H,3,6H2,1-2H3. The van der Waals surface area contributed by atoms with Gasteiger partial charge in [0.1, 0.15) is 11.6 Å². The minimum atomic E-state index is -0.214. The maximum absolute atomic E-state index is 13.5. The second-order valence-electron chi connectivity index (χ2n) is 4.48. The molecule has 0 bridgehead atoms. The predicted molar refractivity (Wildman–Crippen MR) is 85.1 cm³/mol. The summed E-state index contributed by atoms with van der Waals surface area (Å²) in [6, 6.07) is 7.22. The van der Waals surface area contributed by atoms with Crippen LogP contribution in [0.3, 0.4) is 0 Å². The van der Waals surface area contributed by atoms with E-state index in [2.05, 4.69) is 28.2 Å². The van der Waals surface area contributed by atoms with E-state index in [4.69, 9.17) is 4.74 Å². The van der Waals surface area contributed by atoms with Gasteiger partial charge in [-0.1, -0.05) is 22.9 Å². The Kier molecular flexibility index (Phi) is 5.57. The SMILES string of the molecule is CCNC(Cc1cc(F)cc(Br)c1)c1cc(OC)cs1. The first-order chi connectivity index (χ1) is 9.62. The van der Waals surface area contributed by atoms with Crippen LogP contribution in [0.15, 0.2) is 34.1 Å². The summed E-state index contributed by atoms with van der Waals surface area (Å²) in [7, 11) is 1.66. The van der Waals surface area contributed by atoms with Crippen LogP contribution in [-0.2, 0) is 6.42 Å². The molecule has 0 aliphatic heterocycles. The van der Waals surface area contributed by atoms with E-state index in [1.54, 1.807) is 24.5 Å². The van der Waals surface area contributed by atoms with Crippen molar-refractivity contribution in [1.29, 1.82) is 0 Å². The van der Waals surface area contributed by atoms with Crippen molar-refractivity contribution in [2.45, 2.75) is 19.4 Å². The fourth-order valence-corrected chi connectivity index (χ4v) is 3.55. The molecule has 0 aliphatic rings. The van der Waals surface area contributed by atoms with Crippen LogP contribution in [-0.4, -0.2) is 13.7 Å². The van der Waals surface area contributed by atoms with Crippen molar-refractivity contribution < 1.29 is 9.13 Å². The van der Waals surface area contributed by atoms with Crippen molar-refractivity contribution in [3.8, 4) is 5.75 Å². The summed E-state index contributed by atoms with van der Waals surface area (Å²) in [5.74, 6) is 0.654. The first kappa shape index (κ1) is 15.5. The number of likely N-dealkylation sites (N-methyl/N-ethyl adjacent to an activating group) is 1. The van der Waals surface area contributed by atoms with Crippen LogP contribution < -0.4 is 10.1 Å². The fourth-order valence-electron chi connectivity index (χ4n) is 2.11. The summed E-state index contributed by atoms with van der Waals surface area (Å²) in [5, 5.41) is 5.43. The minimum Gasteiger partial charge on any atom is -0.496 e. The third-order valence-corrected chi connectivity index (χ3v) is 4.47. The van der Waals surface area contributed by atoms with Crippen LogP contribution in [0.5, 0.6) is 5.75 Å². The first-order valence-electron chi connectivity index (χ1n) is 6.43. The lowest BCUT2D eigenvalue weighted by Gasteiger charge is -2.16. The van der Waals surface area contributed by atoms with Gasteiger partial charge in [0, 0.05) is 20.8 Å². The minimum absolute atomic E-state index is 0.169. The average molecular weight is 358 g/mol. The number of ether oxygens (including phenoxy) is 1. The van der Waals surface area contributed by atoms with Crippen molar-refractivity contribution in [3.63, 3.8) is 0 Å².